The number of imidazole rings is 1. The van der Waals surface area contributed by atoms with Crippen LogP contribution < -0.4 is 24.3 Å². The number of hydrogen-bond acceptors (Lipinski definition) is 16. The number of anilines is 2. The molecule has 0 bridgehead atoms. The van der Waals surface area contributed by atoms with Crippen LogP contribution in [0.4, 0.5) is 16.5 Å². The van der Waals surface area contributed by atoms with E-state index in [9.17, 15) is 29.3 Å². The van der Waals surface area contributed by atoms with Gasteiger partial charge in [0.1, 0.15) is 17.2 Å². The summed E-state index contributed by atoms with van der Waals surface area (Å²) in [6.07, 6.45) is 10.6. The maximum atomic E-state index is 13.4. The van der Waals surface area contributed by atoms with Crippen LogP contribution in [0, 0.1) is 10.1 Å². The summed E-state index contributed by atoms with van der Waals surface area (Å²) in [6, 6.07) is 23.7. The summed E-state index contributed by atoms with van der Waals surface area (Å²) < 4.78 is 34.8. The van der Waals surface area contributed by atoms with Crippen molar-refractivity contribution in [3.8, 4) is 34.3 Å². The number of fused-ring (bicyclic) bond motifs is 1. The van der Waals surface area contributed by atoms with Crippen molar-refractivity contribution in [3.63, 3.8) is 0 Å². The van der Waals surface area contributed by atoms with E-state index in [2.05, 4.69) is 28.6 Å². The molecule has 18 heteroatoms. The van der Waals surface area contributed by atoms with Gasteiger partial charge in [-0.3, -0.25) is 10.1 Å². The van der Waals surface area contributed by atoms with E-state index in [0.717, 1.165) is 63.5 Å². The monoisotopic (exact) mass is 917 g/mol. The van der Waals surface area contributed by atoms with E-state index >= 15 is 0 Å². The summed E-state index contributed by atoms with van der Waals surface area (Å²) in [5, 5.41) is 19.2. The number of non-ortho nitro benzene ring substituents is 1. The third kappa shape index (κ3) is 14.3. The fourth-order valence-corrected chi connectivity index (χ4v) is 6.97. The number of hydrogen-bond donors (Lipinski definition) is 1. The van der Waals surface area contributed by atoms with Gasteiger partial charge in [-0.15, -0.1) is 5.10 Å². The van der Waals surface area contributed by atoms with Crippen molar-refractivity contribution >= 4 is 56.7 Å². The van der Waals surface area contributed by atoms with Crippen LogP contribution in [0.2, 0.25) is 0 Å². The number of esters is 4. The van der Waals surface area contributed by atoms with Crippen molar-refractivity contribution in [2.75, 3.05) is 31.7 Å². The number of nitrogens with one attached hydrogen (secondary N) is 1. The van der Waals surface area contributed by atoms with Gasteiger partial charge in [0.05, 0.1) is 60.1 Å². The summed E-state index contributed by atoms with van der Waals surface area (Å²) in [5.74, 6) is -0.687. The molecule has 4 aromatic carbocycles. The largest absolute Gasteiger partial charge is 0.494 e. The quantitative estimate of drug-likeness (QED) is 0.0134. The predicted octanol–water partition coefficient (Wildman–Crippen LogP) is 9.88. The molecule has 0 amide bonds. The Kier molecular flexibility index (Phi) is 17.5. The summed E-state index contributed by atoms with van der Waals surface area (Å²) >= 11 is 1.19. The van der Waals surface area contributed by atoms with Crippen LogP contribution in [0.5, 0.6) is 23.0 Å². The Morgan fingerprint density at radius 1 is 0.667 bits per heavy atom. The SMILES string of the molecule is C=CC(=O)OCCCCCCOc1ccc(C(=O)Oc2ccc(OC(=O)c3ccc(OCCCCCCOC(=O)C=C)cc3)c(Nc3nn4cc(-c5ccc([N+](=O)[O-])cc5)nc4s3)c2)cc1. The number of nitrogens with zero attached hydrogens (tertiary/aromatic N) is 4. The van der Waals surface area contributed by atoms with Crippen molar-refractivity contribution in [1.82, 2.24) is 14.6 Å². The first-order valence-corrected chi connectivity index (χ1v) is 21.9. The second-order valence-electron chi connectivity index (χ2n) is 14.4. The van der Waals surface area contributed by atoms with Gasteiger partial charge in [-0.05, 0) is 124 Å². The molecule has 0 saturated heterocycles. The molecule has 0 aliphatic rings. The van der Waals surface area contributed by atoms with Crippen LogP contribution in [0.25, 0.3) is 16.2 Å². The molecule has 0 saturated carbocycles. The fourth-order valence-electron chi connectivity index (χ4n) is 6.18. The fraction of sp³-hybridized carbons (Fsp3) is 0.250. The van der Waals surface area contributed by atoms with Gasteiger partial charge >= 0.3 is 23.9 Å². The second kappa shape index (κ2) is 24.3. The number of carbonyl (C=O) groups excluding carboxylic acids is 4. The predicted molar refractivity (Wildman–Crippen MR) is 246 cm³/mol. The van der Waals surface area contributed by atoms with Gasteiger partial charge in [-0.2, -0.15) is 0 Å². The Hall–Kier alpha value is -7.86. The van der Waals surface area contributed by atoms with Crippen LogP contribution in [-0.2, 0) is 19.1 Å². The Balaban J connectivity index is 1.08. The third-order valence-corrected chi connectivity index (χ3v) is 10.5. The Labute approximate surface area is 383 Å². The molecule has 342 valence electrons. The van der Waals surface area contributed by atoms with Gasteiger partial charge in [-0.1, -0.05) is 24.5 Å². The first-order valence-electron chi connectivity index (χ1n) is 21.1. The lowest BCUT2D eigenvalue weighted by molar-refractivity contribution is -0.384. The Morgan fingerprint density at radius 2 is 1.18 bits per heavy atom. The zero-order valence-electron chi connectivity index (χ0n) is 35.9. The molecule has 6 rings (SSSR count). The second-order valence-corrected chi connectivity index (χ2v) is 15.4. The van der Waals surface area contributed by atoms with E-state index in [1.165, 1.54) is 41.7 Å². The first kappa shape index (κ1) is 47.6. The Bertz CT molecular complexity index is 2590. The van der Waals surface area contributed by atoms with Gasteiger partial charge in [0.25, 0.3) is 5.69 Å². The lowest BCUT2D eigenvalue weighted by atomic mass is 10.1. The van der Waals surface area contributed by atoms with Gasteiger partial charge in [0.15, 0.2) is 5.75 Å². The van der Waals surface area contributed by atoms with Gasteiger partial charge in [-0.25, -0.2) is 28.7 Å². The zero-order chi connectivity index (χ0) is 46.7. The first-order chi connectivity index (χ1) is 32.1. The maximum absolute atomic E-state index is 13.4. The minimum Gasteiger partial charge on any atom is -0.494 e. The van der Waals surface area contributed by atoms with E-state index in [1.54, 1.807) is 71.4 Å². The van der Waals surface area contributed by atoms with Gasteiger partial charge in [0, 0.05) is 35.9 Å². The highest BCUT2D eigenvalue weighted by Crippen LogP contribution is 2.35. The van der Waals surface area contributed by atoms with E-state index in [-0.39, 0.29) is 34.0 Å². The number of nitro benzene ring substituents is 1. The van der Waals surface area contributed by atoms with E-state index in [1.807, 2.05) is 0 Å². The lowest BCUT2D eigenvalue weighted by Gasteiger charge is -2.13. The van der Waals surface area contributed by atoms with Crippen molar-refractivity contribution in [2.45, 2.75) is 51.4 Å². The number of aromatic nitrogens is 3. The molecule has 0 aliphatic heterocycles. The number of rotatable bonds is 26. The van der Waals surface area contributed by atoms with Crippen molar-refractivity contribution in [1.29, 1.82) is 0 Å². The summed E-state index contributed by atoms with van der Waals surface area (Å²) in [7, 11) is 0. The standard InChI is InChI=1S/C48H47N5O12S/c1-3-43(54)62-29-11-7-5-9-27-60-37-21-15-34(16-22-37)45(56)64-39-25-26-42(65-46(57)35-17-23-38(24-18-35)61-28-10-6-8-12-30-63-44(55)4-2)40(31-39)49-47-51-52-32-41(50-48(52)66-47)33-13-19-36(20-14-33)53(58)59/h3-4,13-26,31-32H,1-2,5-12,27-30H2,(H,49,51). The Morgan fingerprint density at radius 3 is 1.70 bits per heavy atom. The third-order valence-electron chi connectivity index (χ3n) is 9.64. The summed E-state index contributed by atoms with van der Waals surface area (Å²) in [6.45, 7) is 8.41. The number of nitro groups is 1. The highest BCUT2D eigenvalue weighted by Gasteiger charge is 2.18. The molecule has 0 unspecified atom stereocenters. The molecule has 6 aromatic rings. The van der Waals surface area contributed by atoms with E-state index < -0.39 is 28.8 Å². The van der Waals surface area contributed by atoms with Crippen LogP contribution in [0.3, 0.4) is 0 Å². The normalized spacial score (nSPS) is 10.7. The lowest BCUT2D eigenvalue weighted by Crippen LogP contribution is -2.11. The molecular weight excluding hydrogens is 871 g/mol. The number of benzene rings is 4. The smallest absolute Gasteiger partial charge is 0.343 e. The zero-order valence-corrected chi connectivity index (χ0v) is 36.7. The topological polar surface area (TPSA) is 209 Å². The van der Waals surface area contributed by atoms with Crippen LogP contribution in [0.1, 0.15) is 72.1 Å². The van der Waals surface area contributed by atoms with Crippen molar-refractivity contribution < 1.29 is 52.5 Å². The van der Waals surface area contributed by atoms with Crippen LogP contribution >= 0.6 is 11.3 Å². The molecule has 0 aliphatic carbocycles. The van der Waals surface area contributed by atoms with E-state index in [0.29, 0.717) is 59.3 Å². The highest BCUT2D eigenvalue weighted by molar-refractivity contribution is 7.20. The molecule has 2 aromatic heterocycles. The molecule has 0 fully saturated rings. The number of unbranched alkanes of at least 4 members (excludes halogenated alkanes) is 6. The molecule has 66 heavy (non-hydrogen) atoms. The summed E-state index contributed by atoms with van der Waals surface area (Å²) in [5.41, 5.74) is 2.01. The molecule has 1 N–H and O–H groups in total. The van der Waals surface area contributed by atoms with Crippen molar-refractivity contribution in [3.05, 3.63) is 144 Å². The minimum atomic E-state index is -0.651. The molecule has 0 atom stereocenters. The van der Waals surface area contributed by atoms with Gasteiger partial charge in [0.2, 0.25) is 10.1 Å². The average molecular weight is 918 g/mol. The molecule has 17 nitrogen and oxygen atoms in total. The molecule has 0 spiro atoms. The maximum Gasteiger partial charge on any atom is 0.343 e. The number of carbonyl (C=O) groups is 4. The van der Waals surface area contributed by atoms with E-state index in [4.69, 9.17) is 28.4 Å². The number of ether oxygens (including phenoxy) is 6. The molecular formula is C48H47N5O12S. The minimum absolute atomic E-state index is 0.0355. The highest BCUT2D eigenvalue weighted by atomic mass is 32.1. The molecule has 2 heterocycles. The average Bonchev–Trinajstić information content (AvgIpc) is 3.91. The summed E-state index contributed by atoms with van der Waals surface area (Å²) in [4.78, 5) is 64.8. The van der Waals surface area contributed by atoms with Gasteiger partial charge < -0.3 is 33.7 Å². The van der Waals surface area contributed by atoms with Crippen molar-refractivity contribution in [2.24, 2.45) is 0 Å². The van der Waals surface area contributed by atoms with Crippen LogP contribution in [0.15, 0.2) is 123 Å². The molecule has 0 radical (unpaired) electrons. The van der Waals surface area contributed by atoms with Crippen LogP contribution in [-0.4, -0.2) is 69.8 Å².